The lowest BCUT2D eigenvalue weighted by Crippen LogP contribution is -2.44. The summed E-state index contributed by atoms with van der Waals surface area (Å²) in [5, 5.41) is 14.7. The first kappa shape index (κ1) is 14.3. The number of pyridine rings is 1. The van der Waals surface area contributed by atoms with Gasteiger partial charge >= 0.3 is 12.0 Å². The molecule has 2 amide bonds. The summed E-state index contributed by atoms with van der Waals surface area (Å²) in [6.07, 6.45) is 6.42. The van der Waals surface area contributed by atoms with Crippen molar-refractivity contribution in [2.45, 2.75) is 32.2 Å². The van der Waals surface area contributed by atoms with Crippen molar-refractivity contribution in [1.29, 1.82) is 0 Å². The molecule has 1 fully saturated rings. The summed E-state index contributed by atoms with van der Waals surface area (Å²) in [7, 11) is 0. The van der Waals surface area contributed by atoms with Crippen LogP contribution in [0.2, 0.25) is 0 Å². The number of urea groups is 1. The molecule has 0 radical (unpaired) electrons. The molecule has 0 bridgehead atoms. The molecule has 0 aliphatic heterocycles. The largest absolute Gasteiger partial charge is 0.481 e. The molecule has 108 valence electrons. The molecule has 1 saturated carbocycles. The Bertz CT molecular complexity index is 470. The van der Waals surface area contributed by atoms with E-state index in [1.54, 1.807) is 18.5 Å². The van der Waals surface area contributed by atoms with Gasteiger partial charge in [0.2, 0.25) is 0 Å². The van der Waals surface area contributed by atoms with Gasteiger partial charge in [0.25, 0.3) is 0 Å². The molecular weight excluding hydrogens is 258 g/mol. The molecule has 1 aliphatic carbocycles. The lowest BCUT2D eigenvalue weighted by molar-refractivity contribution is -0.148. The predicted octanol–water partition coefficient (Wildman–Crippen LogP) is 1.53. The number of hydrogen-bond donors (Lipinski definition) is 3. The van der Waals surface area contributed by atoms with Gasteiger partial charge in [0.1, 0.15) is 0 Å². The first-order chi connectivity index (χ1) is 9.62. The molecule has 1 aliphatic rings. The van der Waals surface area contributed by atoms with Gasteiger partial charge in [-0.3, -0.25) is 9.78 Å². The van der Waals surface area contributed by atoms with Gasteiger partial charge in [-0.05, 0) is 24.5 Å². The number of aromatic nitrogens is 1. The lowest BCUT2D eigenvalue weighted by atomic mass is 9.86. The summed E-state index contributed by atoms with van der Waals surface area (Å²) in [6.45, 7) is 0.556. The average molecular weight is 277 g/mol. The number of carboxylic acids is 1. The van der Waals surface area contributed by atoms with Crippen molar-refractivity contribution in [2.24, 2.45) is 5.41 Å². The Kier molecular flexibility index (Phi) is 4.55. The highest BCUT2D eigenvalue weighted by atomic mass is 16.4. The fourth-order valence-electron chi connectivity index (χ4n) is 2.52. The number of rotatable bonds is 5. The van der Waals surface area contributed by atoms with Crippen LogP contribution in [-0.2, 0) is 11.3 Å². The molecule has 2 rings (SSSR count). The van der Waals surface area contributed by atoms with Gasteiger partial charge in [0.05, 0.1) is 5.41 Å². The third-order valence-electron chi connectivity index (χ3n) is 3.78. The van der Waals surface area contributed by atoms with E-state index in [4.69, 9.17) is 0 Å². The molecule has 1 heterocycles. The Balaban J connectivity index is 1.78. The minimum absolute atomic E-state index is 0.182. The summed E-state index contributed by atoms with van der Waals surface area (Å²) in [6, 6.07) is 3.32. The SMILES string of the molecule is O=C(NCc1cccnc1)NCC1(C(=O)O)CCCC1. The predicted molar refractivity (Wildman–Crippen MR) is 73.0 cm³/mol. The van der Waals surface area contributed by atoms with Crippen molar-refractivity contribution in [3.8, 4) is 0 Å². The summed E-state index contributed by atoms with van der Waals surface area (Å²) >= 11 is 0. The number of carbonyl (C=O) groups is 2. The van der Waals surface area contributed by atoms with E-state index in [9.17, 15) is 14.7 Å². The zero-order chi connectivity index (χ0) is 14.4. The molecule has 0 atom stereocenters. The lowest BCUT2D eigenvalue weighted by Gasteiger charge is -2.24. The van der Waals surface area contributed by atoms with Crippen LogP contribution in [0.1, 0.15) is 31.2 Å². The number of hydrogen-bond acceptors (Lipinski definition) is 3. The van der Waals surface area contributed by atoms with Gasteiger partial charge in [-0.2, -0.15) is 0 Å². The second-order valence-electron chi connectivity index (χ2n) is 5.19. The Morgan fingerprint density at radius 3 is 2.65 bits per heavy atom. The number of aliphatic carboxylic acids is 1. The second-order valence-corrected chi connectivity index (χ2v) is 5.19. The fraction of sp³-hybridized carbons (Fsp3) is 0.500. The quantitative estimate of drug-likeness (QED) is 0.761. The third-order valence-corrected chi connectivity index (χ3v) is 3.78. The molecule has 1 aromatic rings. The maximum atomic E-state index is 11.7. The maximum absolute atomic E-state index is 11.7. The number of nitrogens with zero attached hydrogens (tertiary/aromatic N) is 1. The summed E-state index contributed by atoms with van der Waals surface area (Å²) in [5.74, 6) is -0.817. The number of carboxylic acid groups (broad SMARTS) is 1. The molecular formula is C14H19N3O3. The van der Waals surface area contributed by atoms with Crippen molar-refractivity contribution < 1.29 is 14.7 Å². The van der Waals surface area contributed by atoms with Crippen LogP contribution < -0.4 is 10.6 Å². The Morgan fingerprint density at radius 1 is 1.30 bits per heavy atom. The minimum Gasteiger partial charge on any atom is -0.481 e. The highest BCUT2D eigenvalue weighted by molar-refractivity contribution is 5.78. The van der Waals surface area contributed by atoms with E-state index in [1.807, 2.05) is 6.07 Å². The van der Waals surface area contributed by atoms with Gasteiger partial charge in [0, 0.05) is 25.5 Å². The van der Waals surface area contributed by atoms with Gasteiger partial charge in [-0.25, -0.2) is 4.79 Å². The van der Waals surface area contributed by atoms with E-state index >= 15 is 0 Å². The van der Waals surface area contributed by atoms with E-state index in [0.29, 0.717) is 19.4 Å². The standard InChI is InChI=1S/C14H19N3O3/c18-12(19)14(5-1-2-6-14)10-17-13(20)16-9-11-4-3-7-15-8-11/h3-4,7-8H,1-2,5-6,9-10H2,(H,18,19)(H2,16,17,20). The van der Waals surface area contributed by atoms with Gasteiger partial charge in [-0.15, -0.1) is 0 Å². The first-order valence-electron chi connectivity index (χ1n) is 6.76. The van der Waals surface area contributed by atoms with Crippen molar-refractivity contribution in [3.63, 3.8) is 0 Å². The molecule has 6 nitrogen and oxygen atoms in total. The van der Waals surface area contributed by atoms with E-state index < -0.39 is 11.4 Å². The molecule has 0 aromatic carbocycles. The van der Waals surface area contributed by atoms with Crippen LogP contribution in [-0.4, -0.2) is 28.6 Å². The number of carbonyl (C=O) groups excluding carboxylic acids is 1. The monoisotopic (exact) mass is 277 g/mol. The zero-order valence-electron chi connectivity index (χ0n) is 11.3. The fourth-order valence-corrected chi connectivity index (χ4v) is 2.52. The van der Waals surface area contributed by atoms with E-state index in [0.717, 1.165) is 18.4 Å². The highest BCUT2D eigenvalue weighted by Crippen LogP contribution is 2.37. The first-order valence-corrected chi connectivity index (χ1v) is 6.76. The molecule has 0 saturated heterocycles. The van der Waals surface area contributed by atoms with Crippen LogP contribution in [0.3, 0.4) is 0 Å². The zero-order valence-corrected chi connectivity index (χ0v) is 11.3. The van der Waals surface area contributed by atoms with Gasteiger partial charge in [0.15, 0.2) is 0 Å². The number of amides is 2. The van der Waals surface area contributed by atoms with Gasteiger partial charge in [-0.1, -0.05) is 18.9 Å². The normalized spacial score (nSPS) is 16.6. The Morgan fingerprint density at radius 2 is 2.05 bits per heavy atom. The third kappa shape index (κ3) is 3.46. The van der Waals surface area contributed by atoms with E-state index in [-0.39, 0.29) is 12.6 Å². The van der Waals surface area contributed by atoms with Crippen molar-refractivity contribution in [1.82, 2.24) is 15.6 Å². The van der Waals surface area contributed by atoms with Gasteiger partial charge < -0.3 is 15.7 Å². The molecule has 3 N–H and O–H groups in total. The highest BCUT2D eigenvalue weighted by Gasteiger charge is 2.41. The van der Waals surface area contributed by atoms with Crippen LogP contribution in [0.4, 0.5) is 4.79 Å². The second kappa shape index (κ2) is 6.36. The summed E-state index contributed by atoms with van der Waals surface area (Å²) in [4.78, 5) is 27.0. The van der Waals surface area contributed by atoms with Crippen LogP contribution in [0.5, 0.6) is 0 Å². The minimum atomic E-state index is -0.817. The molecule has 6 heteroatoms. The Labute approximate surface area is 117 Å². The van der Waals surface area contributed by atoms with Crippen molar-refractivity contribution in [2.75, 3.05) is 6.54 Å². The number of nitrogens with one attached hydrogen (secondary N) is 2. The van der Waals surface area contributed by atoms with Crippen LogP contribution in [0, 0.1) is 5.41 Å². The maximum Gasteiger partial charge on any atom is 0.315 e. The molecule has 20 heavy (non-hydrogen) atoms. The Hall–Kier alpha value is -2.11. The van der Waals surface area contributed by atoms with Crippen LogP contribution in [0.15, 0.2) is 24.5 Å². The van der Waals surface area contributed by atoms with Crippen molar-refractivity contribution in [3.05, 3.63) is 30.1 Å². The molecule has 0 spiro atoms. The summed E-state index contributed by atoms with van der Waals surface area (Å²) in [5.41, 5.74) is 0.113. The smallest absolute Gasteiger partial charge is 0.315 e. The van der Waals surface area contributed by atoms with Crippen molar-refractivity contribution >= 4 is 12.0 Å². The molecule has 1 aromatic heterocycles. The van der Waals surface area contributed by atoms with E-state index in [2.05, 4.69) is 15.6 Å². The van der Waals surface area contributed by atoms with Crippen LogP contribution >= 0.6 is 0 Å². The molecule has 0 unspecified atom stereocenters. The average Bonchev–Trinajstić information content (AvgIpc) is 2.94. The van der Waals surface area contributed by atoms with E-state index in [1.165, 1.54) is 0 Å². The topological polar surface area (TPSA) is 91.3 Å². The summed E-state index contributed by atoms with van der Waals surface area (Å²) < 4.78 is 0. The van der Waals surface area contributed by atoms with Crippen LogP contribution in [0.25, 0.3) is 0 Å².